The number of rotatable bonds is 4. The molecular formula is C26H35B2BrN2O5. The van der Waals surface area contributed by atoms with Gasteiger partial charge in [-0.25, -0.2) is 4.79 Å². The summed E-state index contributed by atoms with van der Waals surface area (Å²) >= 11 is 3.50. The fourth-order valence-electron chi connectivity index (χ4n) is 5.15. The molecule has 0 aromatic heterocycles. The van der Waals surface area contributed by atoms with E-state index in [4.69, 9.17) is 18.6 Å². The lowest BCUT2D eigenvalue weighted by molar-refractivity contribution is -0.00860. The molecule has 1 aromatic rings. The molecule has 0 spiro atoms. The van der Waals surface area contributed by atoms with Gasteiger partial charge >= 0.3 is 20.0 Å². The van der Waals surface area contributed by atoms with Crippen LogP contribution in [-0.2, 0) is 18.6 Å². The van der Waals surface area contributed by atoms with Crippen LogP contribution in [0.4, 0.5) is 10.5 Å². The second-order valence-corrected chi connectivity index (χ2v) is 12.8. The van der Waals surface area contributed by atoms with E-state index in [0.717, 1.165) is 27.8 Å². The number of nitrogens with zero attached hydrogens (tertiary/aromatic N) is 1. The SMILES string of the molecule is Cc1cc(NC(=O)N2CCC3=C2C=C3CC2(C)OB(B3OC(C)(C)C(C)(C)O3)OC2(C)C)ccc1Br. The van der Waals surface area contributed by atoms with Gasteiger partial charge in [-0.3, -0.25) is 4.90 Å². The van der Waals surface area contributed by atoms with Crippen molar-refractivity contribution >= 4 is 41.7 Å². The quantitative estimate of drug-likeness (QED) is 0.473. The minimum absolute atomic E-state index is 0.107. The number of amides is 2. The van der Waals surface area contributed by atoms with Crippen LogP contribution >= 0.6 is 15.9 Å². The minimum Gasteiger partial charge on any atom is -0.405 e. The van der Waals surface area contributed by atoms with E-state index in [1.807, 2.05) is 57.7 Å². The molecule has 4 aliphatic rings. The summed E-state index contributed by atoms with van der Waals surface area (Å²) < 4.78 is 26.3. The smallest absolute Gasteiger partial charge is 0.405 e. The first kappa shape index (κ1) is 26.0. The number of urea groups is 1. The van der Waals surface area contributed by atoms with Crippen LogP contribution in [0.1, 0.15) is 66.9 Å². The van der Waals surface area contributed by atoms with Crippen molar-refractivity contribution < 1.29 is 23.4 Å². The first-order chi connectivity index (χ1) is 16.6. The maximum Gasteiger partial charge on any atom is 0.489 e. The summed E-state index contributed by atoms with van der Waals surface area (Å²) in [5, 5.41) is 3.03. The van der Waals surface area contributed by atoms with E-state index in [1.54, 1.807) is 0 Å². The molecule has 192 valence electrons. The zero-order chi connectivity index (χ0) is 26.3. The number of benzene rings is 1. The lowest BCUT2D eigenvalue weighted by Crippen LogP contribution is -2.45. The van der Waals surface area contributed by atoms with Gasteiger partial charge in [0.15, 0.2) is 0 Å². The molecule has 2 saturated heterocycles. The molecule has 1 unspecified atom stereocenters. The van der Waals surface area contributed by atoms with Crippen LogP contribution in [0.15, 0.2) is 45.6 Å². The Morgan fingerprint density at radius 3 is 2.25 bits per heavy atom. The van der Waals surface area contributed by atoms with Gasteiger partial charge in [0.2, 0.25) is 0 Å². The molecule has 2 amide bonds. The Morgan fingerprint density at radius 1 is 1.00 bits per heavy atom. The van der Waals surface area contributed by atoms with Crippen LogP contribution in [-0.4, -0.2) is 53.9 Å². The molecule has 36 heavy (non-hydrogen) atoms. The zero-order valence-electron chi connectivity index (χ0n) is 22.5. The highest BCUT2D eigenvalue weighted by Crippen LogP contribution is 2.49. The second kappa shape index (κ2) is 8.46. The van der Waals surface area contributed by atoms with Gasteiger partial charge in [0.05, 0.1) is 22.4 Å². The third-order valence-corrected chi connectivity index (χ3v) is 9.51. The van der Waals surface area contributed by atoms with Crippen LogP contribution in [0.5, 0.6) is 0 Å². The molecular weight excluding hydrogens is 522 g/mol. The van der Waals surface area contributed by atoms with Crippen molar-refractivity contribution in [1.82, 2.24) is 4.90 Å². The van der Waals surface area contributed by atoms with E-state index in [0.29, 0.717) is 13.0 Å². The van der Waals surface area contributed by atoms with Crippen LogP contribution in [0.3, 0.4) is 0 Å². The summed E-state index contributed by atoms with van der Waals surface area (Å²) in [6.07, 6.45) is 3.64. The Bertz CT molecular complexity index is 1160. The van der Waals surface area contributed by atoms with Crippen molar-refractivity contribution in [3.8, 4) is 0 Å². The van der Waals surface area contributed by atoms with Crippen LogP contribution in [0.2, 0.25) is 0 Å². The van der Waals surface area contributed by atoms with Gasteiger partial charge in [-0.2, -0.15) is 0 Å². The van der Waals surface area contributed by atoms with Crippen molar-refractivity contribution in [2.24, 2.45) is 0 Å². The number of allylic oxidation sites excluding steroid dienone is 1. The summed E-state index contributed by atoms with van der Waals surface area (Å²) in [6, 6.07) is 5.71. The van der Waals surface area contributed by atoms with E-state index >= 15 is 0 Å². The Hall–Kier alpha value is -1.58. The summed E-state index contributed by atoms with van der Waals surface area (Å²) in [4.78, 5) is 14.8. The predicted molar refractivity (Wildman–Crippen MR) is 145 cm³/mol. The minimum atomic E-state index is -0.611. The largest absolute Gasteiger partial charge is 0.489 e. The number of halogens is 1. The number of hydrogen-bond donors (Lipinski definition) is 1. The fraction of sp³-hybridized carbons (Fsp3) is 0.577. The summed E-state index contributed by atoms with van der Waals surface area (Å²) in [6.45, 7) is 17.0. The Kier molecular flexibility index (Phi) is 6.12. The molecule has 3 heterocycles. The third kappa shape index (κ3) is 4.19. The molecule has 0 saturated carbocycles. The highest BCUT2D eigenvalue weighted by Gasteiger charge is 2.65. The molecule has 0 bridgehead atoms. The van der Waals surface area contributed by atoms with Crippen molar-refractivity contribution in [3.63, 3.8) is 0 Å². The lowest BCUT2D eigenvalue weighted by Gasteiger charge is -2.39. The number of carbonyl (C=O) groups is 1. The molecule has 1 aliphatic carbocycles. The summed E-state index contributed by atoms with van der Waals surface area (Å²) in [5.41, 5.74) is 3.29. The Balaban J connectivity index is 1.24. The molecule has 1 aromatic carbocycles. The second-order valence-electron chi connectivity index (χ2n) is 12.0. The van der Waals surface area contributed by atoms with E-state index in [1.165, 1.54) is 11.1 Å². The number of aryl methyl sites for hydroxylation is 1. The van der Waals surface area contributed by atoms with Crippen LogP contribution < -0.4 is 5.32 Å². The monoisotopic (exact) mass is 556 g/mol. The number of carbonyl (C=O) groups excluding carboxylic acids is 1. The molecule has 7 nitrogen and oxygen atoms in total. The summed E-state index contributed by atoms with van der Waals surface area (Å²) in [7, 11) is -1.20. The highest BCUT2D eigenvalue weighted by molar-refractivity contribution is 9.10. The molecule has 2 fully saturated rings. The first-order valence-electron chi connectivity index (χ1n) is 12.6. The molecule has 10 heteroatoms. The average molecular weight is 557 g/mol. The molecule has 1 atom stereocenters. The van der Waals surface area contributed by atoms with E-state index in [2.05, 4.69) is 48.1 Å². The van der Waals surface area contributed by atoms with Crippen LogP contribution in [0.25, 0.3) is 0 Å². The topological polar surface area (TPSA) is 69.3 Å². The van der Waals surface area contributed by atoms with Gasteiger partial charge in [0.1, 0.15) is 0 Å². The number of nitrogens with one attached hydrogen (secondary N) is 1. The first-order valence-corrected chi connectivity index (χ1v) is 13.4. The maximum atomic E-state index is 13.0. The average Bonchev–Trinajstić information content (AvgIpc) is 3.29. The van der Waals surface area contributed by atoms with Gasteiger partial charge < -0.3 is 23.9 Å². The highest BCUT2D eigenvalue weighted by atomic mass is 79.9. The van der Waals surface area contributed by atoms with Crippen molar-refractivity contribution in [2.45, 2.75) is 90.6 Å². The zero-order valence-corrected chi connectivity index (χ0v) is 24.0. The van der Waals surface area contributed by atoms with E-state index in [-0.39, 0.29) is 6.03 Å². The third-order valence-electron chi connectivity index (χ3n) is 8.62. The fourth-order valence-corrected chi connectivity index (χ4v) is 5.39. The van der Waals surface area contributed by atoms with E-state index < -0.39 is 36.4 Å². The van der Waals surface area contributed by atoms with Crippen molar-refractivity contribution in [1.29, 1.82) is 0 Å². The number of hydrogen-bond acceptors (Lipinski definition) is 5. The van der Waals surface area contributed by atoms with Crippen LogP contribution in [0, 0.1) is 6.92 Å². The van der Waals surface area contributed by atoms with E-state index in [9.17, 15) is 4.79 Å². The summed E-state index contributed by atoms with van der Waals surface area (Å²) in [5.74, 6) is 0. The standard InChI is InChI=1S/C26H35B2BrN2O5/c1-16-13-18(9-10-20(16)29)30-22(32)31-12-11-19-17(14-21(19)31)15-26(8)25(6,7)35-28(36-26)27-33-23(2,3)24(4,5)34-27/h9-10,13-14H,11-12,15H2,1-8H3,(H,30,32). The molecule has 3 aliphatic heterocycles. The van der Waals surface area contributed by atoms with Gasteiger partial charge in [-0.05, 0) is 103 Å². The molecule has 1 N–H and O–H groups in total. The van der Waals surface area contributed by atoms with Crippen molar-refractivity contribution in [2.75, 3.05) is 11.9 Å². The normalized spacial score (nSPS) is 27.8. The Labute approximate surface area is 223 Å². The van der Waals surface area contributed by atoms with Gasteiger partial charge in [-0.1, -0.05) is 15.9 Å². The number of anilines is 1. The van der Waals surface area contributed by atoms with Gasteiger partial charge in [0.25, 0.3) is 0 Å². The molecule has 5 rings (SSSR count). The van der Waals surface area contributed by atoms with Crippen molar-refractivity contribution in [3.05, 3.63) is 51.2 Å². The molecule has 0 radical (unpaired) electrons. The lowest BCUT2D eigenvalue weighted by atomic mass is 9.49. The van der Waals surface area contributed by atoms with Gasteiger partial charge in [0, 0.05) is 28.8 Å². The Morgan fingerprint density at radius 2 is 1.61 bits per heavy atom. The predicted octanol–water partition coefficient (Wildman–Crippen LogP) is 5.82. The maximum absolute atomic E-state index is 13.0. The van der Waals surface area contributed by atoms with Gasteiger partial charge in [-0.15, -0.1) is 0 Å².